The summed E-state index contributed by atoms with van der Waals surface area (Å²) >= 11 is 0. The highest BCUT2D eigenvalue weighted by Crippen LogP contribution is 2.23. The van der Waals surface area contributed by atoms with Crippen LogP contribution in [0, 0.1) is 0 Å². The van der Waals surface area contributed by atoms with Crippen molar-refractivity contribution in [2.45, 2.75) is 58.9 Å². The molecule has 0 radical (unpaired) electrons. The van der Waals surface area contributed by atoms with E-state index in [0.717, 1.165) is 12.8 Å². The molecule has 14 heavy (non-hydrogen) atoms. The van der Waals surface area contributed by atoms with Crippen LogP contribution >= 0.6 is 0 Å². The zero-order valence-corrected chi connectivity index (χ0v) is 10.0. The molecular weight excluding hydrogens is 172 g/mol. The second-order valence-corrected chi connectivity index (χ2v) is 4.93. The van der Waals surface area contributed by atoms with Gasteiger partial charge in [-0.15, -0.1) is 0 Å². The van der Waals surface area contributed by atoms with Crippen molar-refractivity contribution in [2.24, 2.45) is 0 Å². The number of aromatic nitrogens is 2. The second-order valence-electron chi connectivity index (χ2n) is 4.93. The lowest BCUT2D eigenvalue weighted by atomic mass is 9.90. The van der Waals surface area contributed by atoms with Crippen molar-refractivity contribution in [1.29, 1.82) is 0 Å². The van der Waals surface area contributed by atoms with E-state index in [4.69, 9.17) is 0 Å². The topological polar surface area (TPSA) is 17.8 Å². The fourth-order valence-electron chi connectivity index (χ4n) is 1.59. The van der Waals surface area contributed by atoms with Gasteiger partial charge in [0.25, 0.3) is 0 Å². The lowest BCUT2D eigenvalue weighted by molar-refractivity contribution is 0.427. The summed E-state index contributed by atoms with van der Waals surface area (Å²) < 4.78 is 2.11. The van der Waals surface area contributed by atoms with Crippen LogP contribution in [0.4, 0.5) is 0 Å². The van der Waals surface area contributed by atoms with Crippen molar-refractivity contribution in [3.63, 3.8) is 0 Å². The van der Waals surface area contributed by atoms with Gasteiger partial charge >= 0.3 is 0 Å². The molecule has 0 atom stereocenters. The third kappa shape index (κ3) is 2.37. The Kier molecular flexibility index (Phi) is 3.35. The molecule has 0 aliphatic heterocycles. The molecule has 0 fully saturated rings. The predicted octanol–water partition coefficient (Wildman–Crippen LogP) is 3.54. The van der Waals surface area contributed by atoms with E-state index in [1.165, 1.54) is 5.56 Å². The van der Waals surface area contributed by atoms with Gasteiger partial charge in [-0.3, -0.25) is 4.68 Å². The SMILES string of the molecule is CCC(CC)n1cc(C(C)(C)C)cn1. The Morgan fingerprint density at radius 1 is 1.29 bits per heavy atom. The summed E-state index contributed by atoms with van der Waals surface area (Å²) in [6.45, 7) is 11.1. The zero-order chi connectivity index (χ0) is 10.8. The number of nitrogens with zero attached hydrogens (tertiary/aromatic N) is 2. The van der Waals surface area contributed by atoms with E-state index in [1.807, 2.05) is 6.20 Å². The molecule has 0 bridgehead atoms. The predicted molar refractivity (Wildman–Crippen MR) is 60.5 cm³/mol. The van der Waals surface area contributed by atoms with Crippen LogP contribution in [0.1, 0.15) is 59.1 Å². The smallest absolute Gasteiger partial charge is 0.0527 e. The van der Waals surface area contributed by atoms with Gasteiger partial charge in [-0.05, 0) is 23.8 Å². The van der Waals surface area contributed by atoms with E-state index in [2.05, 4.69) is 50.6 Å². The summed E-state index contributed by atoms with van der Waals surface area (Å²) in [4.78, 5) is 0. The Morgan fingerprint density at radius 3 is 2.21 bits per heavy atom. The van der Waals surface area contributed by atoms with Crippen molar-refractivity contribution in [1.82, 2.24) is 9.78 Å². The minimum absolute atomic E-state index is 0.213. The molecule has 0 spiro atoms. The fraction of sp³-hybridized carbons (Fsp3) is 0.750. The molecule has 0 amide bonds. The van der Waals surface area contributed by atoms with Gasteiger partial charge < -0.3 is 0 Å². The summed E-state index contributed by atoms with van der Waals surface area (Å²) in [6, 6.07) is 0.561. The third-order valence-corrected chi connectivity index (χ3v) is 2.78. The van der Waals surface area contributed by atoms with Gasteiger partial charge in [-0.2, -0.15) is 5.10 Å². The minimum Gasteiger partial charge on any atom is -0.269 e. The molecule has 0 N–H and O–H groups in total. The van der Waals surface area contributed by atoms with E-state index < -0.39 is 0 Å². The largest absolute Gasteiger partial charge is 0.269 e. The highest BCUT2D eigenvalue weighted by molar-refractivity contribution is 5.15. The normalized spacial score (nSPS) is 12.4. The van der Waals surface area contributed by atoms with Crippen LogP contribution in [0.2, 0.25) is 0 Å². The molecule has 0 unspecified atom stereocenters. The molecule has 2 heteroatoms. The van der Waals surface area contributed by atoms with E-state index >= 15 is 0 Å². The molecule has 1 heterocycles. The van der Waals surface area contributed by atoms with Crippen LogP contribution in [0.5, 0.6) is 0 Å². The fourth-order valence-corrected chi connectivity index (χ4v) is 1.59. The maximum absolute atomic E-state index is 4.44. The zero-order valence-electron chi connectivity index (χ0n) is 10.0. The molecule has 1 aromatic rings. The van der Waals surface area contributed by atoms with E-state index in [1.54, 1.807) is 0 Å². The van der Waals surface area contributed by atoms with Crippen molar-refractivity contribution in [2.75, 3.05) is 0 Å². The Hall–Kier alpha value is -0.790. The van der Waals surface area contributed by atoms with Gasteiger partial charge in [-0.1, -0.05) is 34.6 Å². The van der Waals surface area contributed by atoms with Crippen molar-refractivity contribution in [3.05, 3.63) is 18.0 Å². The monoisotopic (exact) mass is 194 g/mol. The summed E-state index contributed by atoms with van der Waals surface area (Å²) in [5.74, 6) is 0. The van der Waals surface area contributed by atoms with Crippen LogP contribution in [0.15, 0.2) is 12.4 Å². The number of hydrogen-bond acceptors (Lipinski definition) is 1. The maximum atomic E-state index is 4.44. The van der Waals surface area contributed by atoms with E-state index in [-0.39, 0.29) is 5.41 Å². The average molecular weight is 194 g/mol. The molecule has 2 nitrogen and oxygen atoms in total. The molecule has 0 aromatic carbocycles. The Labute approximate surface area is 87.3 Å². The van der Waals surface area contributed by atoms with Gasteiger partial charge in [0.05, 0.1) is 12.2 Å². The van der Waals surface area contributed by atoms with Crippen molar-refractivity contribution < 1.29 is 0 Å². The Morgan fingerprint density at radius 2 is 1.86 bits per heavy atom. The first-order chi connectivity index (χ1) is 6.49. The van der Waals surface area contributed by atoms with Crippen LogP contribution in [-0.2, 0) is 5.41 Å². The van der Waals surface area contributed by atoms with Gasteiger partial charge in [-0.25, -0.2) is 0 Å². The number of hydrogen-bond donors (Lipinski definition) is 0. The maximum Gasteiger partial charge on any atom is 0.0527 e. The number of rotatable bonds is 3. The molecule has 1 aromatic heterocycles. The van der Waals surface area contributed by atoms with Crippen LogP contribution in [-0.4, -0.2) is 9.78 Å². The van der Waals surface area contributed by atoms with Crippen LogP contribution in [0.3, 0.4) is 0 Å². The van der Waals surface area contributed by atoms with Crippen LogP contribution in [0.25, 0.3) is 0 Å². The first-order valence-corrected chi connectivity index (χ1v) is 5.53. The lowest BCUT2D eigenvalue weighted by Crippen LogP contribution is -2.11. The second kappa shape index (κ2) is 4.16. The van der Waals surface area contributed by atoms with Gasteiger partial charge in [0.1, 0.15) is 0 Å². The summed E-state index contributed by atoms with van der Waals surface area (Å²) in [6.07, 6.45) is 6.50. The lowest BCUT2D eigenvalue weighted by Gasteiger charge is -2.16. The Bertz CT molecular complexity index is 277. The molecule has 0 saturated carbocycles. The average Bonchev–Trinajstić information content (AvgIpc) is 2.54. The summed E-state index contributed by atoms with van der Waals surface area (Å²) in [7, 11) is 0. The third-order valence-electron chi connectivity index (χ3n) is 2.78. The van der Waals surface area contributed by atoms with Gasteiger partial charge in [0.15, 0.2) is 0 Å². The quantitative estimate of drug-likeness (QED) is 0.719. The van der Waals surface area contributed by atoms with Gasteiger partial charge in [0.2, 0.25) is 0 Å². The first kappa shape index (κ1) is 11.3. The van der Waals surface area contributed by atoms with E-state index in [0.29, 0.717) is 6.04 Å². The van der Waals surface area contributed by atoms with E-state index in [9.17, 15) is 0 Å². The van der Waals surface area contributed by atoms with Gasteiger partial charge in [0, 0.05) is 6.20 Å². The molecule has 0 aliphatic rings. The standard InChI is InChI=1S/C12H22N2/c1-6-11(7-2)14-9-10(8-13-14)12(3,4)5/h8-9,11H,6-7H2,1-5H3. The summed E-state index contributed by atoms with van der Waals surface area (Å²) in [5, 5.41) is 4.44. The van der Waals surface area contributed by atoms with Crippen molar-refractivity contribution >= 4 is 0 Å². The summed E-state index contributed by atoms with van der Waals surface area (Å²) in [5.41, 5.74) is 1.54. The molecule has 0 aliphatic carbocycles. The molecule has 0 saturated heterocycles. The molecule has 1 rings (SSSR count). The Balaban J connectivity index is 2.87. The van der Waals surface area contributed by atoms with Crippen LogP contribution < -0.4 is 0 Å². The molecule has 80 valence electrons. The first-order valence-electron chi connectivity index (χ1n) is 5.53. The van der Waals surface area contributed by atoms with Crippen molar-refractivity contribution in [3.8, 4) is 0 Å². The highest BCUT2D eigenvalue weighted by Gasteiger charge is 2.17. The minimum atomic E-state index is 0.213. The highest BCUT2D eigenvalue weighted by atomic mass is 15.3. The molecular formula is C12H22N2.